The maximum absolute atomic E-state index is 12.9. The van der Waals surface area contributed by atoms with Crippen LogP contribution in [0.1, 0.15) is 28.8 Å². The lowest BCUT2D eigenvalue weighted by atomic mass is 10.0. The third-order valence-corrected chi connectivity index (χ3v) is 6.18. The van der Waals surface area contributed by atoms with Crippen LogP contribution in [0.2, 0.25) is 5.02 Å². The minimum absolute atomic E-state index is 0. The molecule has 3 aromatic rings. The van der Waals surface area contributed by atoms with Crippen molar-refractivity contribution in [3.8, 4) is 11.5 Å². The Balaban J connectivity index is 0.00000342. The highest BCUT2D eigenvalue weighted by atomic mass is 35.5. The molecule has 9 heteroatoms. The number of aromatic nitrogens is 1. The summed E-state index contributed by atoms with van der Waals surface area (Å²) in [5.74, 6) is 1.24. The lowest BCUT2D eigenvalue weighted by molar-refractivity contribution is -0.131. The van der Waals surface area contributed by atoms with E-state index in [1.165, 1.54) is 0 Å². The van der Waals surface area contributed by atoms with E-state index in [0.29, 0.717) is 40.7 Å². The zero-order chi connectivity index (χ0) is 23.9. The number of nitrogens with zero attached hydrogens (tertiary/aromatic N) is 2. The molecule has 7 nitrogen and oxygen atoms in total. The first-order valence-corrected chi connectivity index (χ1v) is 11.5. The van der Waals surface area contributed by atoms with E-state index >= 15 is 0 Å². The Morgan fingerprint density at radius 2 is 1.71 bits per heavy atom. The molecular weight excluding hydrogens is 489 g/mol. The van der Waals surface area contributed by atoms with Gasteiger partial charge >= 0.3 is 0 Å². The molecule has 1 aliphatic rings. The monoisotopic (exact) mass is 515 g/mol. The minimum atomic E-state index is -0.195. The van der Waals surface area contributed by atoms with Gasteiger partial charge in [0.1, 0.15) is 17.6 Å². The molecule has 1 aromatic heterocycles. The summed E-state index contributed by atoms with van der Waals surface area (Å²) in [4.78, 5) is 31.5. The Bertz CT molecular complexity index is 1140. The fraction of sp³-hybridized carbons (Fsp3) is 0.269. The number of benzene rings is 2. The third-order valence-electron chi connectivity index (χ3n) is 5.77. The van der Waals surface area contributed by atoms with Crippen molar-refractivity contribution < 1.29 is 19.1 Å². The van der Waals surface area contributed by atoms with Gasteiger partial charge in [0.05, 0.1) is 24.4 Å². The van der Waals surface area contributed by atoms with Crippen molar-refractivity contribution in [2.24, 2.45) is 0 Å². The van der Waals surface area contributed by atoms with E-state index in [9.17, 15) is 9.59 Å². The number of ether oxygens (including phenoxy) is 2. The summed E-state index contributed by atoms with van der Waals surface area (Å²) in [6, 6.07) is 15.7. The third kappa shape index (κ3) is 6.65. The molecule has 1 amide bonds. The van der Waals surface area contributed by atoms with Crippen molar-refractivity contribution in [1.29, 1.82) is 0 Å². The van der Waals surface area contributed by atoms with Gasteiger partial charge in [-0.05, 0) is 48.5 Å². The van der Waals surface area contributed by atoms with Gasteiger partial charge in [0.15, 0.2) is 5.78 Å². The molecule has 0 atom stereocenters. The quantitative estimate of drug-likeness (QED) is 0.430. The van der Waals surface area contributed by atoms with Gasteiger partial charge in [-0.25, -0.2) is 0 Å². The van der Waals surface area contributed by atoms with Gasteiger partial charge in [-0.1, -0.05) is 17.7 Å². The summed E-state index contributed by atoms with van der Waals surface area (Å²) in [6.07, 6.45) is 5.00. The number of hydrogen-bond acceptors (Lipinski definition) is 6. The number of carbonyl (C=O) groups excluding carboxylic acids is 2. The molecule has 0 bridgehead atoms. The molecule has 0 radical (unpaired) electrons. The number of ketones is 1. The normalized spacial score (nSPS) is 13.5. The molecule has 35 heavy (non-hydrogen) atoms. The Morgan fingerprint density at radius 3 is 2.37 bits per heavy atom. The van der Waals surface area contributed by atoms with Crippen LogP contribution >= 0.6 is 24.0 Å². The van der Waals surface area contributed by atoms with Crippen molar-refractivity contribution >= 4 is 41.4 Å². The topological polar surface area (TPSA) is 80.8 Å². The van der Waals surface area contributed by atoms with Crippen LogP contribution in [0.3, 0.4) is 0 Å². The SMILES string of the molecule is COc1ccc(C(=O)c2cccc(NCC(=O)N3CCC(Oc4ccncc4)CC3)c2Cl)cc1.Cl. The second kappa shape index (κ2) is 12.4. The van der Waals surface area contributed by atoms with Crippen LogP contribution in [0.25, 0.3) is 0 Å². The number of piperidine rings is 1. The number of hydrogen-bond donors (Lipinski definition) is 1. The van der Waals surface area contributed by atoms with Gasteiger partial charge in [0, 0.05) is 49.5 Å². The average molecular weight is 516 g/mol. The first-order valence-electron chi connectivity index (χ1n) is 11.1. The zero-order valence-electron chi connectivity index (χ0n) is 19.3. The molecule has 1 saturated heterocycles. The number of anilines is 1. The van der Waals surface area contributed by atoms with E-state index in [1.807, 2.05) is 17.0 Å². The maximum atomic E-state index is 12.9. The van der Waals surface area contributed by atoms with Gasteiger partial charge in [-0.2, -0.15) is 0 Å². The summed E-state index contributed by atoms with van der Waals surface area (Å²) in [6.45, 7) is 1.34. The smallest absolute Gasteiger partial charge is 0.241 e. The van der Waals surface area contributed by atoms with Crippen molar-refractivity contribution in [1.82, 2.24) is 9.88 Å². The Labute approximate surface area is 215 Å². The molecular formula is C26H27Cl2N3O4. The number of halogens is 2. The number of amides is 1. The average Bonchev–Trinajstić information content (AvgIpc) is 2.88. The number of carbonyl (C=O) groups is 2. The largest absolute Gasteiger partial charge is 0.497 e. The highest BCUT2D eigenvalue weighted by Crippen LogP contribution is 2.28. The summed E-state index contributed by atoms with van der Waals surface area (Å²) < 4.78 is 11.1. The van der Waals surface area contributed by atoms with Crippen molar-refractivity contribution in [2.75, 3.05) is 32.1 Å². The van der Waals surface area contributed by atoms with Gasteiger partial charge in [0.2, 0.25) is 5.91 Å². The second-order valence-electron chi connectivity index (χ2n) is 7.96. The molecule has 184 valence electrons. The number of likely N-dealkylation sites (tertiary alicyclic amines) is 1. The van der Waals surface area contributed by atoms with E-state index in [1.54, 1.807) is 62.0 Å². The van der Waals surface area contributed by atoms with Gasteiger partial charge in [-0.15, -0.1) is 12.4 Å². The summed E-state index contributed by atoms with van der Waals surface area (Å²) >= 11 is 6.52. The minimum Gasteiger partial charge on any atom is -0.497 e. The zero-order valence-corrected chi connectivity index (χ0v) is 20.8. The number of methoxy groups -OCH3 is 1. The molecule has 2 heterocycles. The van der Waals surface area contributed by atoms with Crippen LogP contribution in [0.4, 0.5) is 5.69 Å². The fourth-order valence-electron chi connectivity index (χ4n) is 3.86. The van der Waals surface area contributed by atoms with Gasteiger partial charge < -0.3 is 19.7 Å². The number of nitrogens with one attached hydrogen (secondary N) is 1. The predicted molar refractivity (Wildman–Crippen MR) is 138 cm³/mol. The van der Waals surface area contributed by atoms with E-state index < -0.39 is 0 Å². The highest BCUT2D eigenvalue weighted by molar-refractivity contribution is 6.37. The highest BCUT2D eigenvalue weighted by Gasteiger charge is 2.24. The molecule has 0 spiro atoms. The summed E-state index contributed by atoms with van der Waals surface area (Å²) in [7, 11) is 1.57. The summed E-state index contributed by atoms with van der Waals surface area (Å²) in [5.41, 5.74) is 1.43. The maximum Gasteiger partial charge on any atom is 0.241 e. The molecule has 1 N–H and O–H groups in total. The Kier molecular flexibility index (Phi) is 9.34. The van der Waals surface area contributed by atoms with Gasteiger partial charge in [0.25, 0.3) is 0 Å². The number of pyridine rings is 1. The molecule has 0 unspecified atom stereocenters. The molecule has 2 aromatic carbocycles. The molecule has 0 aliphatic carbocycles. The standard InChI is InChI=1S/C26H26ClN3O4.ClH/c1-33-19-7-5-18(6-8-19)26(32)22-3-2-4-23(25(22)27)29-17-24(31)30-15-11-21(12-16-30)34-20-9-13-28-14-10-20;/h2-10,13-14,21,29H,11-12,15-17H2,1H3;1H. The Morgan fingerprint density at radius 1 is 1.03 bits per heavy atom. The van der Waals surface area contributed by atoms with Crippen LogP contribution in [0.15, 0.2) is 67.0 Å². The lowest BCUT2D eigenvalue weighted by Gasteiger charge is -2.32. The van der Waals surface area contributed by atoms with Crippen LogP contribution < -0.4 is 14.8 Å². The second-order valence-corrected chi connectivity index (χ2v) is 8.34. The van der Waals surface area contributed by atoms with E-state index in [-0.39, 0.29) is 36.7 Å². The van der Waals surface area contributed by atoms with Crippen LogP contribution in [0, 0.1) is 0 Å². The predicted octanol–water partition coefficient (Wildman–Crippen LogP) is 4.88. The van der Waals surface area contributed by atoms with Gasteiger partial charge in [-0.3, -0.25) is 14.6 Å². The van der Waals surface area contributed by atoms with E-state index in [4.69, 9.17) is 21.1 Å². The fourth-order valence-corrected chi connectivity index (χ4v) is 4.14. The summed E-state index contributed by atoms with van der Waals surface area (Å²) in [5, 5.41) is 3.38. The van der Waals surface area contributed by atoms with Crippen molar-refractivity contribution in [3.63, 3.8) is 0 Å². The van der Waals surface area contributed by atoms with Crippen LogP contribution in [-0.2, 0) is 4.79 Å². The van der Waals surface area contributed by atoms with E-state index in [2.05, 4.69) is 10.3 Å². The first-order chi connectivity index (χ1) is 16.5. The van der Waals surface area contributed by atoms with Crippen molar-refractivity contribution in [3.05, 3.63) is 83.1 Å². The number of rotatable bonds is 8. The van der Waals surface area contributed by atoms with Crippen LogP contribution in [-0.4, -0.2) is 54.4 Å². The van der Waals surface area contributed by atoms with Crippen LogP contribution in [0.5, 0.6) is 11.5 Å². The molecule has 4 rings (SSSR count). The first kappa shape index (κ1) is 26.3. The Hall–Kier alpha value is -3.29. The lowest BCUT2D eigenvalue weighted by Crippen LogP contribution is -2.44. The van der Waals surface area contributed by atoms with Crippen molar-refractivity contribution in [2.45, 2.75) is 18.9 Å². The molecule has 0 saturated carbocycles. The van der Waals surface area contributed by atoms with E-state index in [0.717, 1.165) is 18.6 Å². The molecule has 1 aliphatic heterocycles. The molecule has 1 fully saturated rings.